The molecular formula is C21H23ClN2O4S. The number of carbonyl (C=O) groups is 2. The first kappa shape index (κ1) is 21.4. The van der Waals surface area contributed by atoms with Gasteiger partial charge >= 0.3 is 0 Å². The molecule has 1 saturated heterocycles. The molecule has 1 aromatic heterocycles. The molecule has 1 aliphatic heterocycles. The van der Waals surface area contributed by atoms with E-state index in [2.05, 4.69) is 0 Å². The lowest BCUT2D eigenvalue weighted by Crippen LogP contribution is -2.32. The van der Waals surface area contributed by atoms with Crippen LogP contribution in [0.15, 0.2) is 41.3 Å². The number of likely N-dealkylation sites (tertiary alicyclic amines) is 1. The third kappa shape index (κ3) is 4.32. The van der Waals surface area contributed by atoms with Crippen LogP contribution >= 0.6 is 22.9 Å². The van der Waals surface area contributed by atoms with Crippen LogP contribution in [0.3, 0.4) is 0 Å². The van der Waals surface area contributed by atoms with Gasteiger partial charge in [0.1, 0.15) is 11.5 Å². The molecule has 0 saturated carbocycles. The fraction of sp³-hybridized carbons (Fsp3) is 0.333. The molecule has 154 valence electrons. The van der Waals surface area contributed by atoms with E-state index in [1.54, 1.807) is 17.0 Å². The molecule has 1 aromatic carbocycles. The number of hydrogen-bond donors (Lipinski definition) is 1. The SMILES string of the molecule is COc1ccc(/C(O)=C2\C(=O)C(=O)N(CCCN(C)C)[C@@H]2c2cccs2)cc1Cl. The second kappa shape index (κ2) is 8.98. The Morgan fingerprint density at radius 2 is 2.07 bits per heavy atom. The number of amides is 1. The number of nitrogens with zero attached hydrogens (tertiary/aromatic N) is 2. The predicted molar refractivity (Wildman–Crippen MR) is 115 cm³/mol. The van der Waals surface area contributed by atoms with Crippen molar-refractivity contribution in [1.29, 1.82) is 0 Å². The van der Waals surface area contributed by atoms with E-state index in [4.69, 9.17) is 16.3 Å². The number of carbonyl (C=O) groups excluding carboxylic acids is 2. The normalized spacial score (nSPS) is 18.7. The van der Waals surface area contributed by atoms with Crippen LogP contribution in [-0.2, 0) is 9.59 Å². The number of Topliss-reactive ketones (excluding diaryl/α,β-unsaturated/α-hetero) is 1. The van der Waals surface area contributed by atoms with Crippen molar-refractivity contribution < 1.29 is 19.4 Å². The van der Waals surface area contributed by atoms with Gasteiger partial charge in [-0.1, -0.05) is 17.7 Å². The van der Waals surface area contributed by atoms with Crippen LogP contribution < -0.4 is 4.74 Å². The highest BCUT2D eigenvalue weighted by molar-refractivity contribution is 7.10. The van der Waals surface area contributed by atoms with E-state index >= 15 is 0 Å². The number of halogens is 1. The smallest absolute Gasteiger partial charge is 0.295 e. The third-order valence-electron chi connectivity index (χ3n) is 4.78. The van der Waals surface area contributed by atoms with Gasteiger partial charge in [-0.25, -0.2) is 0 Å². The van der Waals surface area contributed by atoms with Gasteiger partial charge in [0.15, 0.2) is 0 Å². The fourth-order valence-electron chi connectivity index (χ4n) is 3.38. The fourth-order valence-corrected chi connectivity index (χ4v) is 4.48. The Morgan fingerprint density at radius 3 is 2.66 bits per heavy atom. The highest BCUT2D eigenvalue weighted by Crippen LogP contribution is 2.41. The number of thiophene rings is 1. The maximum absolute atomic E-state index is 12.9. The second-order valence-electron chi connectivity index (χ2n) is 7.01. The molecule has 0 radical (unpaired) electrons. The molecule has 1 fully saturated rings. The number of methoxy groups -OCH3 is 1. The molecule has 2 heterocycles. The zero-order valence-electron chi connectivity index (χ0n) is 16.5. The Balaban J connectivity index is 2.05. The van der Waals surface area contributed by atoms with Crippen LogP contribution in [0.4, 0.5) is 0 Å². The molecule has 0 bridgehead atoms. The number of ether oxygens (including phenoxy) is 1. The minimum Gasteiger partial charge on any atom is -0.507 e. The summed E-state index contributed by atoms with van der Waals surface area (Å²) < 4.78 is 5.14. The number of ketones is 1. The van der Waals surface area contributed by atoms with Crippen molar-refractivity contribution in [2.45, 2.75) is 12.5 Å². The zero-order chi connectivity index (χ0) is 21.1. The zero-order valence-corrected chi connectivity index (χ0v) is 18.1. The highest BCUT2D eigenvalue weighted by Gasteiger charge is 2.46. The van der Waals surface area contributed by atoms with E-state index < -0.39 is 17.7 Å². The van der Waals surface area contributed by atoms with Gasteiger partial charge in [0.05, 0.1) is 23.7 Å². The summed E-state index contributed by atoms with van der Waals surface area (Å²) in [5, 5.41) is 13.2. The molecule has 1 amide bonds. The molecule has 1 aliphatic rings. The Morgan fingerprint density at radius 1 is 1.31 bits per heavy atom. The molecule has 1 N–H and O–H groups in total. The first-order chi connectivity index (χ1) is 13.8. The molecule has 0 aliphatic carbocycles. The monoisotopic (exact) mass is 434 g/mol. The Hall–Kier alpha value is -2.35. The molecule has 3 rings (SSSR count). The number of benzene rings is 1. The van der Waals surface area contributed by atoms with Crippen LogP contribution in [0.2, 0.25) is 5.02 Å². The van der Waals surface area contributed by atoms with Gasteiger partial charge in [0.25, 0.3) is 11.7 Å². The van der Waals surface area contributed by atoms with Crippen LogP contribution in [0.5, 0.6) is 5.75 Å². The summed E-state index contributed by atoms with van der Waals surface area (Å²) in [5.74, 6) is -1.05. The van der Waals surface area contributed by atoms with Crippen LogP contribution in [0.25, 0.3) is 5.76 Å². The van der Waals surface area contributed by atoms with Crippen molar-refractivity contribution in [3.63, 3.8) is 0 Å². The van der Waals surface area contributed by atoms with Gasteiger partial charge in [-0.3, -0.25) is 9.59 Å². The molecule has 29 heavy (non-hydrogen) atoms. The van der Waals surface area contributed by atoms with Gasteiger partial charge in [0.2, 0.25) is 0 Å². The highest BCUT2D eigenvalue weighted by atomic mass is 35.5. The van der Waals surface area contributed by atoms with Crippen molar-refractivity contribution in [3.8, 4) is 5.75 Å². The Kier molecular flexibility index (Phi) is 6.62. The number of aliphatic hydroxyl groups excluding tert-OH is 1. The van der Waals surface area contributed by atoms with Crippen LogP contribution in [-0.4, -0.2) is 60.9 Å². The lowest BCUT2D eigenvalue weighted by molar-refractivity contribution is -0.139. The second-order valence-corrected chi connectivity index (χ2v) is 8.40. The standard InChI is InChI=1S/C21H23ClN2O4S/c1-23(2)9-5-10-24-18(16-6-4-11-29-16)17(20(26)21(24)27)19(25)13-7-8-15(28-3)14(22)12-13/h4,6-8,11-12,18,25H,5,9-10H2,1-3H3/b19-17+/t18-/m1/s1. The van der Waals surface area contributed by atoms with E-state index in [0.717, 1.165) is 17.8 Å². The lowest BCUT2D eigenvalue weighted by atomic mass is 9.99. The summed E-state index contributed by atoms with van der Waals surface area (Å²) in [6.45, 7) is 1.21. The van der Waals surface area contributed by atoms with E-state index in [1.807, 2.05) is 36.5 Å². The number of hydrogen-bond acceptors (Lipinski definition) is 6. The number of rotatable bonds is 7. The first-order valence-electron chi connectivity index (χ1n) is 9.15. The van der Waals surface area contributed by atoms with Gasteiger partial charge in [-0.2, -0.15) is 0 Å². The topological polar surface area (TPSA) is 70.1 Å². The van der Waals surface area contributed by atoms with E-state index in [1.165, 1.54) is 24.5 Å². The molecule has 2 aromatic rings. The van der Waals surface area contributed by atoms with Crippen molar-refractivity contribution in [2.24, 2.45) is 0 Å². The van der Waals surface area contributed by atoms with Crippen molar-refractivity contribution in [1.82, 2.24) is 9.80 Å². The first-order valence-corrected chi connectivity index (χ1v) is 10.4. The summed E-state index contributed by atoms with van der Waals surface area (Å²) in [7, 11) is 5.41. The summed E-state index contributed by atoms with van der Waals surface area (Å²) in [4.78, 5) is 30.0. The summed E-state index contributed by atoms with van der Waals surface area (Å²) in [6, 6.07) is 7.88. The molecule has 0 unspecified atom stereocenters. The molecule has 1 atom stereocenters. The van der Waals surface area contributed by atoms with Crippen LogP contribution in [0, 0.1) is 0 Å². The van der Waals surface area contributed by atoms with E-state index in [-0.39, 0.29) is 11.3 Å². The van der Waals surface area contributed by atoms with Crippen molar-refractivity contribution >= 4 is 40.4 Å². The summed E-state index contributed by atoms with van der Waals surface area (Å²) in [5.41, 5.74) is 0.451. The Bertz CT molecular complexity index is 940. The third-order valence-corrected chi connectivity index (χ3v) is 6.00. The number of aliphatic hydroxyl groups is 1. The van der Waals surface area contributed by atoms with Gasteiger partial charge < -0.3 is 19.6 Å². The largest absolute Gasteiger partial charge is 0.507 e. The van der Waals surface area contributed by atoms with Crippen molar-refractivity contribution in [2.75, 3.05) is 34.3 Å². The minimum absolute atomic E-state index is 0.0866. The van der Waals surface area contributed by atoms with E-state index in [0.29, 0.717) is 22.9 Å². The average Bonchev–Trinajstić information content (AvgIpc) is 3.29. The van der Waals surface area contributed by atoms with Crippen molar-refractivity contribution in [3.05, 3.63) is 56.7 Å². The van der Waals surface area contributed by atoms with Gasteiger partial charge in [-0.15, -0.1) is 11.3 Å². The lowest BCUT2D eigenvalue weighted by Gasteiger charge is -2.24. The van der Waals surface area contributed by atoms with E-state index in [9.17, 15) is 14.7 Å². The summed E-state index contributed by atoms with van der Waals surface area (Å²) in [6.07, 6.45) is 0.719. The molecule has 0 spiro atoms. The molecular weight excluding hydrogens is 412 g/mol. The molecule has 6 nitrogen and oxygen atoms in total. The maximum atomic E-state index is 12.9. The Labute approximate surface area is 179 Å². The van der Waals surface area contributed by atoms with Gasteiger partial charge in [0, 0.05) is 17.0 Å². The average molecular weight is 435 g/mol. The predicted octanol–water partition coefficient (Wildman–Crippen LogP) is 3.78. The van der Waals surface area contributed by atoms with Gasteiger partial charge in [-0.05, 0) is 56.7 Å². The minimum atomic E-state index is -0.683. The quantitative estimate of drug-likeness (QED) is 0.408. The maximum Gasteiger partial charge on any atom is 0.295 e. The molecule has 8 heteroatoms. The summed E-state index contributed by atoms with van der Waals surface area (Å²) >= 11 is 7.63. The van der Waals surface area contributed by atoms with Crippen LogP contribution in [0.1, 0.15) is 22.9 Å².